The van der Waals surface area contributed by atoms with Gasteiger partial charge >= 0.3 is 0 Å². The smallest absolute Gasteiger partial charge is 0.0422 e. The number of nitrogens with one attached hydrogen (secondary N) is 1. The zero-order chi connectivity index (χ0) is 13.9. The molecule has 1 N–H and O–H groups in total. The minimum Gasteiger partial charge on any atom is -0.380 e. The molecule has 3 aromatic carbocycles. The molecule has 3 aromatic rings. The molecule has 0 amide bonds. The minimum atomic E-state index is 0.861. The second kappa shape index (κ2) is 5.38. The van der Waals surface area contributed by atoms with E-state index in [1.165, 1.54) is 33.2 Å². The molecule has 0 radical (unpaired) electrons. The maximum atomic E-state index is 3.56. The molecule has 0 fully saturated rings. The van der Waals surface area contributed by atoms with E-state index in [0.29, 0.717) is 0 Å². The van der Waals surface area contributed by atoms with E-state index in [-0.39, 0.29) is 0 Å². The van der Waals surface area contributed by atoms with Crippen LogP contribution in [0.4, 0.5) is 5.69 Å². The Morgan fingerprint density at radius 3 is 2.50 bits per heavy atom. The predicted octanol–water partition coefficient (Wildman–Crippen LogP) is 5.07. The summed E-state index contributed by atoms with van der Waals surface area (Å²) in [5.41, 5.74) is 5.21. The van der Waals surface area contributed by atoms with Crippen molar-refractivity contribution in [1.82, 2.24) is 0 Å². The molecule has 0 unspecified atom stereocenters. The number of hydrogen-bond acceptors (Lipinski definition) is 1. The van der Waals surface area contributed by atoms with E-state index < -0.39 is 0 Å². The average molecular weight is 261 g/mol. The van der Waals surface area contributed by atoms with Crippen LogP contribution < -0.4 is 5.32 Å². The van der Waals surface area contributed by atoms with E-state index >= 15 is 0 Å². The number of benzene rings is 3. The largest absolute Gasteiger partial charge is 0.380 e. The highest BCUT2D eigenvalue weighted by Gasteiger charge is 2.02. The van der Waals surface area contributed by atoms with Gasteiger partial charge in [0.05, 0.1) is 0 Å². The summed E-state index contributed by atoms with van der Waals surface area (Å²) in [6, 6.07) is 21.5. The Bertz CT molecular complexity index is 738. The lowest BCUT2D eigenvalue weighted by Gasteiger charge is -2.12. The van der Waals surface area contributed by atoms with Gasteiger partial charge in [-0.25, -0.2) is 0 Å². The third kappa shape index (κ3) is 2.53. The van der Waals surface area contributed by atoms with E-state index in [1.54, 1.807) is 0 Å². The SMILES string of the molecule is Cc1ccc(CNc2cccc3ccccc23)c(C)c1. The van der Waals surface area contributed by atoms with Crippen molar-refractivity contribution in [1.29, 1.82) is 0 Å². The van der Waals surface area contributed by atoms with Crippen molar-refractivity contribution in [3.05, 3.63) is 77.4 Å². The summed E-state index contributed by atoms with van der Waals surface area (Å²) in [6.07, 6.45) is 0. The summed E-state index contributed by atoms with van der Waals surface area (Å²) in [4.78, 5) is 0. The Balaban J connectivity index is 1.87. The molecule has 0 saturated carbocycles. The van der Waals surface area contributed by atoms with Gasteiger partial charge in [0.25, 0.3) is 0 Å². The maximum Gasteiger partial charge on any atom is 0.0422 e. The Labute approximate surface area is 120 Å². The van der Waals surface area contributed by atoms with Crippen LogP contribution in [-0.4, -0.2) is 0 Å². The van der Waals surface area contributed by atoms with Crippen molar-refractivity contribution in [2.24, 2.45) is 0 Å². The number of anilines is 1. The maximum absolute atomic E-state index is 3.56. The van der Waals surface area contributed by atoms with Crippen LogP contribution in [0.2, 0.25) is 0 Å². The Morgan fingerprint density at radius 2 is 1.65 bits per heavy atom. The lowest BCUT2D eigenvalue weighted by atomic mass is 10.1. The van der Waals surface area contributed by atoms with Crippen LogP contribution in [-0.2, 0) is 6.54 Å². The second-order valence-electron chi connectivity index (χ2n) is 5.31. The number of fused-ring (bicyclic) bond motifs is 1. The van der Waals surface area contributed by atoms with Crippen LogP contribution in [0, 0.1) is 13.8 Å². The highest BCUT2D eigenvalue weighted by Crippen LogP contribution is 2.23. The van der Waals surface area contributed by atoms with Gasteiger partial charge in [-0.3, -0.25) is 0 Å². The molecule has 0 aromatic heterocycles. The third-order valence-corrected chi connectivity index (χ3v) is 3.76. The van der Waals surface area contributed by atoms with E-state index in [0.717, 1.165) is 6.54 Å². The second-order valence-corrected chi connectivity index (χ2v) is 5.31. The van der Waals surface area contributed by atoms with Gasteiger partial charge in [0, 0.05) is 17.6 Å². The minimum absolute atomic E-state index is 0.861. The quantitative estimate of drug-likeness (QED) is 0.694. The first-order chi connectivity index (χ1) is 9.74. The summed E-state index contributed by atoms with van der Waals surface area (Å²) >= 11 is 0. The Morgan fingerprint density at radius 1 is 0.850 bits per heavy atom. The Kier molecular flexibility index (Phi) is 3.42. The standard InChI is InChI=1S/C19H19N/c1-14-10-11-17(15(2)12-14)13-20-19-9-5-7-16-6-3-4-8-18(16)19/h3-12,20H,13H2,1-2H3. The van der Waals surface area contributed by atoms with Gasteiger partial charge in [0.2, 0.25) is 0 Å². The van der Waals surface area contributed by atoms with Gasteiger partial charge in [-0.1, -0.05) is 60.2 Å². The summed E-state index contributed by atoms with van der Waals surface area (Å²) < 4.78 is 0. The van der Waals surface area contributed by atoms with Crippen LogP contribution in [0.3, 0.4) is 0 Å². The van der Waals surface area contributed by atoms with Crippen molar-refractivity contribution in [3.63, 3.8) is 0 Å². The molecule has 0 heterocycles. The fourth-order valence-corrected chi connectivity index (χ4v) is 2.61. The van der Waals surface area contributed by atoms with Crippen molar-refractivity contribution < 1.29 is 0 Å². The van der Waals surface area contributed by atoms with Crippen molar-refractivity contribution in [2.45, 2.75) is 20.4 Å². The van der Waals surface area contributed by atoms with E-state index in [2.05, 4.69) is 79.8 Å². The van der Waals surface area contributed by atoms with Crippen LogP contribution in [0.1, 0.15) is 16.7 Å². The molecule has 0 aliphatic rings. The zero-order valence-corrected chi connectivity index (χ0v) is 12.0. The lowest BCUT2D eigenvalue weighted by Crippen LogP contribution is -2.02. The number of hydrogen-bond donors (Lipinski definition) is 1. The van der Waals surface area contributed by atoms with Gasteiger partial charge in [0.1, 0.15) is 0 Å². The molecule has 1 nitrogen and oxygen atoms in total. The first kappa shape index (κ1) is 12.7. The van der Waals surface area contributed by atoms with Crippen molar-refractivity contribution in [3.8, 4) is 0 Å². The number of aryl methyl sites for hydroxylation is 2. The van der Waals surface area contributed by atoms with E-state index in [4.69, 9.17) is 0 Å². The fraction of sp³-hybridized carbons (Fsp3) is 0.158. The average Bonchev–Trinajstić information content (AvgIpc) is 2.46. The van der Waals surface area contributed by atoms with Crippen molar-refractivity contribution >= 4 is 16.5 Å². The molecule has 0 atom stereocenters. The molecule has 3 rings (SSSR count). The third-order valence-electron chi connectivity index (χ3n) is 3.76. The first-order valence-corrected chi connectivity index (χ1v) is 7.02. The first-order valence-electron chi connectivity index (χ1n) is 7.02. The molecule has 1 heteroatoms. The highest BCUT2D eigenvalue weighted by atomic mass is 14.9. The lowest BCUT2D eigenvalue weighted by molar-refractivity contribution is 1.12. The fourth-order valence-electron chi connectivity index (χ4n) is 2.61. The van der Waals surface area contributed by atoms with Crippen LogP contribution in [0.5, 0.6) is 0 Å². The van der Waals surface area contributed by atoms with Crippen LogP contribution in [0.25, 0.3) is 10.8 Å². The monoisotopic (exact) mass is 261 g/mol. The summed E-state index contributed by atoms with van der Waals surface area (Å²) in [6.45, 7) is 5.17. The molecule has 0 saturated heterocycles. The Hall–Kier alpha value is -2.28. The number of rotatable bonds is 3. The zero-order valence-electron chi connectivity index (χ0n) is 12.0. The molecule has 0 aliphatic heterocycles. The van der Waals surface area contributed by atoms with E-state index in [1.807, 2.05) is 0 Å². The van der Waals surface area contributed by atoms with Crippen LogP contribution >= 0.6 is 0 Å². The molecule has 0 spiro atoms. The molecule has 20 heavy (non-hydrogen) atoms. The molecule has 100 valence electrons. The normalized spacial score (nSPS) is 10.7. The topological polar surface area (TPSA) is 12.0 Å². The van der Waals surface area contributed by atoms with Crippen LogP contribution in [0.15, 0.2) is 60.7 Å². The van der Waals surface area contributed by atoms with Gasteiger partial charge in [0.15, 0.2) is 0 Å². The van der Waals surface area contributed by atoms with Gasteiger partial charge in [-0.15, -0.1) is 0 Å². The highest BCUT2D eigenvalue weighted by molar-refractivity contribution is 5.93. The molecule has 0 aliphatic carbocycles. The summed E-state index contributed by atoms with van der Waals surface area (Å²) in [5.74, 6) is 0. The van der Waals surface area contributed by atoms with Gasteiger partial charge in [-0.2, -0.15) is 0 Å². The molecule has 0 bridgehead atoms. The molecular formula is C19H19N. The molecular weight excluding hydrogens is 242 g/mol. The van der Waals surface area contributed by atoms with Gasteiger partial charge in [-0.05, 0) is 36.4 Å². The van der Waals surface area contributed by atoms with E-state index in [9.17, 15) is 0 Å². The predicted molar refractivity (Wildman–Crippen MR) is 87.2 cm³/mol. The summed E-state index contributed by atoms with van der Waals surface area (Å²) in [5, 5.41) is 6.12. The van der Waals surface area contributed by atoms with Crippen molar-refractivity contribution in [2.75, 3.05) is 5.32 Å². The van der Waals surface area contributed by atoms with Gasteiger partial charge < -0.3 is 5.32 Å². The summed E-state index contributed by atoms with van der Waals surface area (Å²) in [7, 11) is 0.